The van der Waals surface area contributed by atoms with Crippen LogP contribution in [0.25, 0.3) is 0 Å². The van der Waals surface area contributed by atoms with E-state index in [0.717, 1.165) is 11.1 Å². The van der Waals surface area contributed by atoms with E-state index in [9.17, 15) is 8.42 Å². The zero-order chi connectivity index (χ0) is 11.5. The summed E-state index contributed by atoms with van der Waals surface area (Å²) in [5, 5.41) is 0. The van der Waals surface area contributed by atoms with Crippen LogP contribution in [0.2, 0.25) is 0 Å². The number of hydrogen-bond donors (Lipinski definition) is 1. The lowest BCUT2D eigenvalue weighted by molar-refractivity contribution is 0.110. The van der Waals surface area contributed by atoms with Gasteiger partial charge in [-0.25, -0.2) is 13.1 Å². The highest BCUT2D eigenvalue weighted by molar-refractivity contribution is 7.88. The smallest absolute Gasteiger partial charge is 0.208 e. The molecule has 4 nitrogen and oxygen atoms in total. The second-order valence-electron chi connectivity index (χ2n) is 3.29. The van der Waals surface area contributed by atoms with Crippen molar-refractivity contribution in [2.75, 3.05) is 19.9 Å². The van der Waals surface area contributed by atoms with E-state index in [1.54, 1.807) is 18.4 Å². The average Bonchev–Trinajstić information content (AvgIpc) is 2.51. The van der Waals surface area contributed by atoms with E-state index in [4.69, 9.17) is 4.74 Å². The van der Waals surface area contributed by atoms with Crippen LogP contribution in [0.1, 0.15) is 15.9 Å². The SMILES string of the molecule is COC(CNS(C)(=O)=O)c1ccc(C)s1. The van der Waals surface area contributed by atoms with Crippen LogP contribution in [0.15, 0.2) is 12.1 Å². The molecule has 15 heavy (non-hydrogen) atoms. The van der Waals surface area contributed by atoms with Gasteiger partial charge < -0.3 is 4.74 Å². The molecule has 86 valence electrons. The van der Waals surface area contributed by atoms with E-state index in [0.29, 0.717) is 0 Å². The zero-order valence-corrected chi connectivity index (χ0v) is 10.6. The van der Waals surface area contributed by atoms with Gasteiger partial charge in [0.15, 0.2) is 0 Å². The largest absolute Gasteiger partial charge is 0.375 e. The number of methoxy groups -OCH3 is 1. The molecule has 1 aromatic rings. The number of hydrogen-bond acceptors (Lipinski definition) is 4. The third-order valence-electron chi connectivity index (χ3n) is 1.89. The molecule has 0 aromatic carbocycles. The van der Waals surface area contributed by atoms with E-state index in [1.807, 2.05) is 19.1 Å². The molecule has 0 saturated heterocycles. The summed E-state index contributed by atoms with van der Waals surface area (Å²) in [4.78, 5) is 2.22. The fraction of sp³-hybridized carbons (Fsp3) is 0.556. The second-order valence-corrected chi connectivity index (χ2v) is 6.45. The molecule has 1 N–H and O–H groups in total. The standard InChI is InChI=1S/C9H15NO3S2/c1-7-4-5-9(14-7)8(13-2)6-10-15(3,11)12/h4-5,8,10H,6H2,1-3H3. The van der Waals surface area contributed by atoms with Crippen molar-refractivity contribution in [3.05, 3.63) is 21.9 Å². The highest BCUT2D eigenvalue weighted by atomic mass is 32.2. The maximum Gasteiger partial charge on any atom is 0.208 e. The van der Waals surface area contributed by atoms with Crippen molar-refractivity contribution in [1.82, 2.24) is 4.72 Å². The average molecular weight is 249 g/mol. The lowest BCUT2D eigenvalue weighted by atomic mass is 10.3. The molecular weight excluding hydrogens is 234 g/mol. The molecule has 1 heterocycles. The Morgan fingerprint density at radius 2 is 2.20 bits per heavy atom. The highest BCUT2D eigenvalue weighted by Crippen LogP contribution is 2.24. The Labute approximate surface area is 94.3 Å². The Hall–Kier alpha value is -0.430. The second kappa shape index (κ2) is 5.07. The number of sulfonamides is 1. The van der Waals surface area contributed by atoms with Crippen molar-refractivity contribution in [2.45, 2.75) is 13.0 Å². The van der Waals surface area contributed by atoms with Gasteiger partial charge in [0.05, 0.1) is 6.26 Å². The Morgan fingerprint density at radius 1 is 1.53 bits per heavy atom. The van der Waals surface area contributed by atoms with Gasteiger partial charge in [0.1, 0.15) is 6.10 Å². The minimum atomic E-state index is -3.16. The van der Waals surface area contributed by atoms with Crippen LogP contribution in [0.3, 0.4) is 0 Å². The monoisotopic (exact) mass is 249 g/mol. The van der Waals surface area contributed by atoms with Crippen molar-refractivity contribution in [2.24, 2.45) is 0 Å². The summed E-state index contributed by atoms with van der Waals surface area (Å²) < 4.78 is 29.5. The maximum absolute atomic E-state index is 10.9. The lowest BCUT2D eigenvalue weighted by Crippen LogP contribution is -2.27. The Morgan fingerprint density at radius 3 is 2.60 bits per heavy atom. The molecule has 0 aliphatic rings. The van der Waals surface area contributed by atoms with Gasteiger partial charge in [0, 0.05) is 23.4 Å². The summed E-state index contributed by atoms with van der Waals surface area (Å²) >= 11 is 1.61. The van der Waals surface area contributed by atoms with Crippen molar-refractivity contribution in [1.29, 1.82) is 0 Å². The van der Waals surface area contributed by atoms with Gasteiger partial charge in [-0.05, 0) is 19.1 Å². The van der Waals surface area contributed by atoms with Crippen LogP contribution in [0.4, 0.5) is 0 Å². The number of thiophene rings is 1. The van der Waals surface area contributed by atoms with Crippen LogP contribution in [-0.2, 0) is 14.8 Å². The molecule has 6 heteroatoms. The molecule has 0 aliphatic heterocycles. The number of rotatable bonds is 5. The lowest BCUT2D eigenvalue weighted by Gasteiger charge is -2.13. The summed E-state index contributed by atoms with van der Waals surface area (Å²) in [5.74, 6) is 0. The minimum absolute atomic E-state index is 0.210. The Kier molecular flexibility index (Phi) is 4.27. The summed E-state index contributed by atoms with van der Waals surface area (Å²) in [6.45, 7) is 2.28. The first-order chi connectivity index (χ1) is 6.92. The molecule has 0 radical (unpaired) electrons. The van der Waals surface area contributed by atoms with Gasteiger partial charge >= 0.3 is 0 Å². The van der Waals surface area contributed by atoms with Gasteiger partial charge in [-0.1, -0.05) is 0 Å². The topological polar surface area (TPSA) is 55.4 Å². The fourth-order valence-electron chi connectivity index (χ4n) is 1.15. The van der Waals surface area contributed by atoms with Crippen LogP contribution in [0.5, 0.6) is 0 Å². The predicted octanol–water partition coefficient (Wildman–Crippen LogP) is 1.29. The van der Waals surface area contributed by atoms with Gasteiger partial charge in [0.25, 0.3) is 0 Å². The minimum Gasteiger partial charge on any atom is -0.375 e. The van der Waals surface area contributed by atoms with Gasteiger partial charge in [-0.15, -0.1) is 11.3 Å². The molecule has 0 saturated carbocycles. The molecule has 1 rings (SSSR count). The van der Waals surface area contributed by atoms with E-state index in [2.05, 4.69) is 4.72 Å². The van der Waals surface area contributed by atoms with Gasteiger partial charge in [-0.3, -0.25) is 0 Å². The number of nitrogens with one attached hydrogen (secondary N) is 1. The van der Waals surface area contributed by atoms with Crippen LogP contribution in [-0.4, -0.2) is 28.3 Å². The number of ether oxygens (including phenoxy) is 1. The van der Waals surface area contributed by atoms with Crippen molar-refractivity contribution in [3.8, 4) is 0 Å². The first-order valence-corrected chi connectivity index (χ1v) is 7.17. The molecule has 0 spiro atoms. The van der Waals surface area contributed by atoms with Gasteiger partial charge in [-0.2, -0.15) is 0 Å². The normalized spacial score (nSPS) is 14.1. The first kappa shape index (κ1) is 12.6. The highest BCUT2D eigenvalue weighted by Gasteiger charge is 2.14. The van der Waals surface area contributed by atoms with E-state index in [-0.39, 0.29) is 12.6 Å². The van der Waals surface area contributed by atoms with E-state index in [1.165, 1.54) is 4.88 Å². The molecule has 0 amide bonds. The summed E-state index contributed by atoms with van der Waals surface area (Å²) in [6.07, 6.45) is 0.928. The summed E-state index contributed by atoms with van der Waals surface area (Å²) in [5.41, 5.74) is 0. The van der Waals surface area contributed by atoms with Gasteiger partial charge in [0.2, 0.25) is 10.0 Å². The Balaban J connectivity index is 2.65. The quantitative estimate of drug-likeness (QED) is 0.855. The van der Waals surface area contributed by atoms with Crippen molar-refractivity contribution in [3.63, 3.8) is 0 Å². The summed E-state index contributed by atoms with van der Waals surface area (Å²) in [6, 6.07) is 3.95. The summed E-state index contributed by atoms with van der Waals surface area (Å²) in [7, 11) is -1.58. The molecule has 0 aliphatic carbocycles. The molecule has 1 atom stereocenters. The fourth-order valence-corrected chi connectivity index (χ4v) is 2.56. The van der Waals surface area contributed by atoms with E-state index >= 15 is 0 Å². The van der Waals surface area contributed by atoms with Crippen molar-refractivity contribution >= 4 is 21.4 Å². The third kappa shape index (κ3) is 4.29. The maximum atomic E-state index is 10.9. The first-order valence-electron chi connectivity index (χ1n) is 4.46. The Bertz CT molecular complexity index is 411. The number of aryl methyl sites for hydroxylation is 1. The van der Waals surface area contributed by atoms with Crippen LogP contribution in [0, 0.1) is 6.92 Å². The van der Waals surface area contributed by atoms with Crippen LogP contribution < -0.4 is 4.72 Å². The predicted molar refractivity (Wildman–Crippen MR) is 61.7 cm³/mol. The molecule has 0 fully saturated rings. The third-order valence-corrected chi connectivity index (χ3v) is 3.68. The molecule has 1 aromatic heterocycles. The van der Waals surface area contributed by atoms with Crippen LogP contribution >= 0.6 is 11.3 Å². The zero-order valence-electron chi connectivity index (χ0n) is 8.98. The molecule has 1 unspecified atom stereocenters. The molecule has 0 bridgehead atoms. The van der Waals surface area contributed by atoms with Crippen molar-refractivity contribution < 1.29 is 13.2 Å². The van der Waals surface area contributed by atoms with E-state index < -0.39 is 10.0 Å². The molecular formula is C9H15NO3S2.